The van der Waals surface area contributed by atoms with Gasteiger partial charge >= 0.3 is 6.03 Å². The van der Waals surface area contributed by atoms with Gasteiger partial charge in [-0.1, -0.05) is 61.9 Å². The first-order chi connectivity index (χ1) is 18.8. The van der Waals surface area contributed by atoms with Crippen molar-refractivity contribution in [3.05, 3.63) is 77.5 Å². The van der Waals surface area contributed by atoms with Gasteiger partial charge in [-0.2, -0.15) is 0 Å². The number of hydrogen-bond donors (Lipinski definition) is 1. The summed E-state index contributed by atoms with van der Waals surface area (Å²) in [6.07, 6.45) is 4.08. The summed E-state index contributed by atoms with van der Waals surface area (Å²) in [6.45, 7) is 10.2. The highest BCUT2D eigenvalue weighted by molar-refractivity contribution is 5.83. The van der Waals surface area contributed by atoms with E-state index in [1.165, 1.54) is 22.1 Å². The predicted molar refractivity (Wildman–Crippen MR) is 155 cm³/mol. The van der Waals surface area contributed by atoms with Crippen molar-refractivity contribution in [3.8, 4) is 0 Å². The summed E-state index contributed by atoms with van der Waals surface area (Å²) < 4.78 is 0. The third-order valence-electron chi connectivity index (χ3n) is 8.66. The number of carbonyl (C=O) groups is 2. The minimum Gasteiger partial charge on any atom is -0.351 e. The summed E-state index contributed by atoms with van der Waals surface area (Å²) in [5, 5.41) is 1.17. The van der Waals surface area contributed by atoms with Gasteiger partial charge in [-0.3, -0.25) is 14.7 Å². The van der Waals surface area contributed by atoms with Gasteiger partial charge in [-0.15, -0.1) is 0 Å². The minimum absolute atomic E-state index is 0.0788. The Morgan fingerprint density at radius 2 is 1.72 bits per heavy atom. The maximum absolute atomic E-state index is 13.6. The van der Waals surface area contributed by atoms with E-state index in [-0.39, 0.29) is 24.0 Å². The summed E-state index contributed by atoms with van der Waals surface area (Å²) in [7, 11) is 0. The number of nitrogens with two attached hydrogens (primary N) is 1. The van der Waals surface area contributed by atoms with Gasteiger partial charge < -0.3 is 15.5 Å². The molecule has 2 aromatic carbocycles. The molecule has 2 atom stereocenters. The number of benzene rings is 2. The van der Waals surface area contributed by atoms with Crippen LogP contribution in [0, 0.1) is 18.8 Å². The van der Waals surface area contributed by atoms with Gasteiger partial charge in [-0.25, -0.2) is 4.79 Å². The standard InChI is InChI=1S/C32H41N5O2/c1-22(2)29-21-36(18-19-37(29)30(38)20-24-13-16-35(17-14-24)32(33)39)31(25-11-9-23(3)10-12-25)27-6-4-8-28-26(27)7-5-15-34-28/h4-12,15,22,24,29,31H,13-14,16-21H2,1-3H3,(H2,33,39). The van der Waals surface area contributed by atoms with Gasteiger partial charge in [-0.05, 0) is 54.9 Å². The number of aromatic nitrogens is 1. The lowest BCUT2D eigenvalue weighted by Gasteiger charge is -2.47. The van der Waals surface area contributed by atoms with Crippen LogP contribution in [0.25, 0.3) is 10.9 Å². The number of fused-ring (bicyclic) bond motifs is 1. The number of hydrogen-bond acceptors (Lipinski definition) is 4. The molecule has 7 nitrogen and oxygen atoms in total. The van der Waals surface area contributed by atoms with E-state index in [1.807, 2.05) is 12.3 Å². The molecule has 2 unspecified atom stereocenters. The first kappa shape index (κ1) is 27.1. The fourth-order valence-electron chi connectivity index (χ4n) is 6.37. The molecule has 7 heteroatoms. The topological polar surface area (TPSA) is 82.8 Å². The van der Waals surface area contributed by atoms with Crippen LogP contribution in [0.2, 0.25) is 0 Å². The number of piperidine rings is 1. The van der Waals surface area contributed by atoms with Crippen molar-refractivity contribution in [1.82, 2.24) is 19.7 Å². The highest BCUT2D eigenvalue weighted by atomic mass is 16.2. The lowest BCUT2D eigenvalue weighted by molar-refractivity contribution is -0.139. The molecular formula is C32H41N5O2. The van der Waals surface area contributed by atoms with Crippen molar-refractivity contribution < 1.29 is 9.59 Å². The van der Waals surface area contributed by atoms with Crippen LogP contribution in [-0.4, -0.2) is 70.4 Å². The van der Waals surface area contributed by atoms with Crippen LogP contribution in [0.5, 0.6) is 0 Å². The SMILES string of the molecule is Cc1ccc(C(c2cccc3ncccc23)N2CCN(C(=O)CC3CCN(C(N)=O)CC3)C(C(C)C)C2)cc1. The second-order valence-corrected chi connectivity index (χ2v) is 11.6. The van der Waals surface area contributed by atoms with Gasteiger partial charge in [0.15, 0.2) is 0 Å². The molecule has 5 rings (SSSR count). The summed E-state index contributed by atoms with van der Waals surface area (Å²) >= 11 is 0. The molecule has 0 aliphatic carbocycles. The molecule has 206 valence electrons. The molecule has 3 aromatic rings. The number of piperazine rings is 1. The Labute approximate surface area is 232 Å². The second-order valence-electron chi connectivity index (χ2n) is 11.6. The van der Waals surface area contributed by atoms with Crippen molar-refractivity contribution in [2.24, 2.45) is 17.6 Å². The quantitative estimate of drug-likeness (QED) is 0.490. The number of urea groups is 1. The Bertz CT molecular complexity index is 1290. The van der Waals surface area contributed by atoms with E-state index < -0.39 is 0 Å². The van der Waals surface area contributed by atoms with Crippen molar-refractivity contribution in [3.63, 3.8) is 0 Å². The van der Waals surface area contributed by atoms with Crippen LogP contribution in [0.15, 0.2) is 60.8 Å². The van der Waals surface area contributed by atoms with Gasteiger partial charge in [0, 0.05) is 56.8 Å². The Morgan fingerprint density at radius 3 is 2.41 bits per heavy atom. The van der Waals surface area contributed by atoms with Crippen LogP contribution in [-0.2, 0) is 4.79 Å². The monoisotopic (exact) mass is 527 g/mol. The maximum Gasteiger partial charge on any atom is 0.314 e. The first-order valence-corrected chi connectivity index (χ1v) is 14.3. The molecule has 2 aliphatic rings. The third kappa shape index (κ3) is 5.93. The summed E-state index contributed by atoms with van der Waals surface area (Å²) in [6, 6.07) is 19.3. The molecule has 2 aliphatic heterocycles. The maximum atomic E-state index is 13.6. The van der Waals surface area contributed by atoms with E-state index in [9.17, 15) is 9.59 Å². The first-order valence-electron chi connectivity index (χ1n) is 14.3. The molecule has 2 fully saturated rings. The molecule has 2 saturated heterocycles. The molecule has 1 aromatic heterocycles. The predicted octanol–water partition coefficient (Wildman–Crippen LogP) is 4.98. The highest BCUT2D eigenvalue weighted by Crippen LogP contribution is 2.36. The molecule has 3 amide bonds. The fourth-order valence-corrected chi connectivity index (χ4v) is 6.37. The zero-order valence-electron chi connectivity index (χ0n) is 23.4. The summed E-state index contributed by atoms with van der Waals surface area (Å²) in [5.74, 6) is 0.885. The van der Waals surface area contributed by atoms with Crippen molar-refractivity contribution >= 4 is 22.8 Å². The smallest absolute Gasteiger partial charge is 0.314 e. The fraction of sp³-hybridized carbons (Fsp3) is 0.469. The Morgan fingerprint density at radius 1 is 0.974 bits per heavy atom. The number of aryl methyl sites for hydroxylation is 1. The van der Waals surface area contributed by atoms with Crippen LogP contribution in [0.3, 0.4) is 0 Å². The van der Waals surface area contributed by atoms with E-state index in [1.54, 1.807) is 4.90 Å². The largest absolute Gasteiger partial charge is 0.351 e. The van der Waals surface area contributed by atoms with Crippen LogP contribution < -0.4 is 5.73 Å². The summed E-state index contributed by atoms with van der Waals surface area (Å²) in [4.78, 5) is 36.1. The molecule has 0 saturated carbocycles. The van der Waals surface area contributed by atoms with E-state index in [2.05, 4.69) is 84.1 Å². The molecule has 0 spiro atoms. The van der Waals surface area contributed by atoms with Crippen LogP contribution in [0.4, 0.5) is 4.79 Å². The van der Waals surface area contributed by atoms with Crippen molar-refractivity contribution in [1.29, 1.82) is 0 Å². The van der Waals surface area contributed by atoms with Gasteiger partial charge in [0.1, 0.15) is 0 Å². The zero-order chi connectivity index (χ0) is 27.5. The molecule has 3 heterocycles. The lowest BCUT2D eigenvalue weighted by atomic mass is 9.89. The number of primary amides is 1. The van der Waals surface area contributed by atoms with Gasteiger partial charge in [0.25, 0.3) is 0 Å². The Kier molecular flexibility index (Phi) is 8.17. The lowest BCUT2D eigenvalue weighted by Crippen LogP contribution is -2.58. The Balaban J connectivity index is 1.39. The zero-order valence-corrected chi connectivity index (χ0v) is 23.4. The second kappa shape index (κ2) is 11.7. The van der Waals surface area contributed by atoms with Crippen molar-refractivity contribution in [2.75, 3.05) is 32.7 Å². The molecule has 0 radical (unpaired) electrons. The van der Waals surface area contributed by atoms with E-state index in [0.717, 1.165) is 31.4 Å². The molecule has 39 heavy (non-hydrogen) atoms. The van der Waals surface area contributed by atoms with E-state index in [0.29, 0.717) is 37.9 Å². The molecule has 2 N–H and O–H groups in total. The van der Waals surface area contributed by atoms with Crippen LogP contribution >= 0.6 is 0 Å². The number of rotatable bonds is 6. The normalized spacial score (nSPS) is 19.9. The molecular weight excluding hydrogens is 486 g/mol. The van der Waals surface area contributed by atoms with E-state index >= 15 is 0 Å². The minimum atomic E-state index is -0.360. The average molecular weight is 528 g/mol. The summed E-state index contributed by atoms with van der Waals surface area (Å²) in [5.41, 5.74) is 10.2. The van der Waals surface area contributed by atoms with Crippen molar-refractivity contribution in [2.45, 2.75) is 52.1 Å². The number of carbonyl (C=O) groups excluding carboxylic acids is 2. The molecule has 0 bridgehead atoms. The Hall–Kier alpha value is -3.45. The van der Waals surface area contributed by atoms with Gasteiger partial charge in [0.2, 0.25) is 5.91 Å². The third-order valence-corrected chi connectivity index (χ3v) is 8.66. The number of likely N-dealkylation sites (tertiary alicyclic amines) is 1. The number of nitrogens with zero attached hydrogens (tertiary/aromatic N) is 4. The average Bonchev–Trinajstić information content (AvgIpc) is 2.94. The number of pyridine rings is 1. The van der Waals surface area contributed by atoms with Gasteiger partial charge in [0.05, 0.1) is 11.6 Å². The van der Waals surface area contributed by atoms with Crippen LogP contribution in [0.1, 0.15) is 55.8 Å². The highest BCUT2D eigenvalue weighted by Gasteiger charge is 2.37. The van der Waals surface area contributed by atoms with E-state index in [4.69, 9.17) is 5.73 Å². The number of amides is 3.